The minimum Gasteiger partial charge on any atom is -0.484 e. The van der Waals surface area contributed by atoms with Crippen molar-refractivity contribution in [2.24, 2.45) is 0 Å². The van der Waals surface area contributed by atoms with E-state index < -0.39 is 11.8 Å². The third-order valence-corrected chi connectivity index (χ3v) is 5.27. The predicted octanol–water partition coefficient (Wildman–Crippen LogP) is 4.40. The lowest BCUT2D eigenvalue weighted by Gasteiger charge is -2.23. The van der Waals surface area contributed by atoms with E-state index >= 15 is 0 Å². The fraction of sp³-hybridized carbons (Fsp3) is 0.333. The zero-order valence-electron chi connectivity index (χ0n) is 16.6. The zero-order chi connectivity index (χ0) is 21.4. The fourth-order valence-corrected chi connectivity index (χ4v) is 3.03. The van der Waals surface area contributed by atoms with Crippen LogP contribution in [0.2, 0.25) is 5.02 Å². The van der Waals surface area contributed by atoms with Crippen LogP contribution in [0.5, 0.6) is 11.5 Å². The molecule has 0 unspecified atom stereocenters. The van der Waals surface area contributed by atoms with Crippen molar-refractivity contribution in [1.29, 1.82) is 0 Å². The number of halogens is 2. The van der Waals surface area contributed by atoms with E-state index in [9.17, 15) is 9.59 Å². The van der Waals surface area contributed by atoms with Crippen molar-refractivity contribution in [3.63, 3.8) is 0 Å². The average Bonchev–Trinajstić information content (AvgIpc) is 2.70. The van der Waals surface area contributed by atoms with Crippen molar-refractivity contribution in [3.8, 4) is 11.5 Å². The molecule has 2 rings (SSSR count). The van der Waals surface area contributed by atoms with Crippen LogP contribution < -0.4 is 20.3 Å². The molecule has 0 saturated heterocycles. The van der Waals surface area contributed by atoms with Gasteiger partial charge in [-0.05, 0) is 47.7 Å². The topological polar surface area (TPSA) is 76.7 Å². The van der Waals surface area contributed by atoms with E-state index in [4.69, 9.17) is 21.1 Å². The van der Waals surface area contributed by atoms with E-state index in [0.717, 1.165) is 10.9 Å². The highest BCUT2D eigenvalue weighted by Gasteiger charge is 2.17. The first-order chi connectivity index (χ1) is 13.7. The molecule has 29 heavy (non-hydrogen) atoms. The van der Waals surface area contributed by atoms with E-state index in [1.165, 1.54) is 5.56 Å². The molecule has 0 heterocycles. The molecule has 0 aliphatic rings. The second-order valence-corrected chi connectivity index (χ2v) is 8.33. The van der Waals surface area contributed by atoms with Gasteiger partial charge in [0.15, 0.2) is 13.2 Å². The standard InChI is InChI=1S/C21H24BrClN2O4/c1-4-21(2,3)14-5-8-16(9-6-14)28-12-19(26)24-25-20(27)13-29-18-10-7-15(22)11-17(18)23/h5-11H,4,12-13H2,1-3H3,(H,24,26)(H,25,27). The molecular weight excluding hydrogens is 460 g/mol. The SMILES string of the molecule is CCC(C)(C)c1ccc(OCC(=O)NNC(=O)COc2ccc(Br)cc2Cl)cc1. The van der Waals surface area contributed by atoms with Crippen molar-refractivity contribution < 1.29 is 19.1 Å². The lowest BCUT2D eigenvalue weighted by atomic mass is 9.82. The Hall–Kier alpha value is -2.25. The summed E-state index contributed by atoms with van der Waals surface area (Å²) >= 11 is 9.30. The van der Waals surface area contributed by atoms with Gasteiger partial charge < -0.3 is 9.47 Å². The highest BCUT2D eigenvalue weighted by atomic mass is 79.9. The van der Waals surface area contributed by atoms with Crippen LogP contribution in [0.3, 0.4) is 0 Å². The third kappa shape index (κ3) is 7.25. The average molecular weight is 484 g/mol. The van der Waals surface area contributed by atoms with Crippen LogP contribution >= 0.6 is 27.5 Å². The van der Waals surface area contributed by atoms with Gasteiger partial charge in [0.2, 0.25) is 0 Å². The van der Waals surface area contributed by atoms with E-state index in [2.05, 4.69) is 47.6 Å². The third-order valence-electron chi connectivity index (χ3n) is 4.48. The van der Waals surface area contributed by atoms with Gasteiger partial charge in [0.1, 0.15) is 11.5 Å². The molecule has 2 amide bonds. The lowest BCUT2D eigenvalue weighted by Crippen LogP contribution is -2.45. The van der Waals surface area contributed by atoms with Crippen LogP contribution in [0.1, 0.15) is 32.8 Å². The van der Waals surface area contributed by atoms with Crippen molar-refractivity contribution in [3.05, 3.63) is 57.5 Å². The van der Waals surface area contributed by atoms with E-state index in [1.807, 2.05) is 24.3 Å². The number of carbonyl (C=O) groups excluding carboxylic acids is 2. The number of carbonyl (C=O) groups is 2. The molecule has 0 aromatic heterocycles. The molecule has 0 fully saturated rings. The van der Waals surface area contributed by atoms with Gasteiger partial charge in [-0.3, -0.25) is 20.4 Å². The first-order valence-corrected chi connectivity index (χ1v) is 10.3. The summed E-state index contributed by atoms with van der Waals surface area (Å²) in [6.45, 7) is 5.97. The second-order valence-electron chi connectivity index (χ2n) is 7.01. The molecule has 0 saturated carbocycles. The predicted molar refractivity (Wildman–Crippen MR) is 116 cm³/mol. The Bertz CT molecular complexity index is 856. The number of hydrazine groups is 1. The summed E-state index contributed by atoms with van der Waals surface area (Å²) in [5, 5.41) is 0.373. The summed E-state index contributed by atoms with van der Waals surface area (Å²) in [6.07, 6.45) is 1.02. The van der Waals surface area contributed by atoms with Gasteiger partial charge in [0, 0.05) is 4.47 Å². The molecular formula is C21H24BrClN2O4. The largest absolute Gasteiger partial charge is 0.484 e. The summed E-state index contributed by atoms with van der Waals surface area (Å²) in [6, 6.07) is 12.7. The summed E-state index contributed by atoms with van der Waals surface area (Å²) < 4.78 is 11.6. The Kier molecular flexibility index (Phi) is 8.34. The molecule has 0 radical (unpaired) electrons. The van der Waals surface area contributed by atoms with Gasteiger partial charge in [-0.25, -0.2) is 0 Å². The molecule has 0 aliphatic carbocycles. The summed E-state index contributed by atoms with van der Waals surface area (Å²) in [5.74, 6) is -0.0637. The Balaban J connectivity index is 1.72. The van der Waals surface area contributed by atoms with Crippen LogP contribution in [-0.4, -0.2) is 25.0 Å². The smallest absolute Gasteiger partial charge is 0.276 e. The van der Waals surface area contributed by atoms with E-state index in [1.54, 1.807) is 18.2 Å². The first kappa shape index (κ1) is 23.0. The van der Waals surface area contributed by atoms with Crippen molar-refractivity contribution in [2.75, 3.05) is 13.2 Å². The van der Waals surface area contributed by atoms with Gasteiger partial charge in [-0.1, -0.05) is 60.4 Å². The summed E-state index contributed by atoms with van der Waals surface area (Å²) in [7, 11) is 0. The minimum absolute atomic E-state index is 0.0860. The Morgan fingerprint density at radius 3 is 2.14 bits per heavy atom. The molecule has 0 bridgehead atoms. The maximum atomic E-state index is 11.8. The molecule has 6 nitrogen and oxygen atoms in total. The van der Waals surface area contributed by atoms with Gasteiger partial charge in [-0.15, -0.1) is 0 Å². The summed E-state index contributed by atoms with van der Waals surface area (Å²) in [4.78, 5) is 23.6. The van der Waals surface area contributed by atoms with Crippen LogP contribution in [-0.2, 0) is 15.0 Å². The number of hydrogen-bond acceptors (Lipinski definition) is 4. The molecule has 2 aromatic carbocycles. The first-order valence-electron chi connectivity index (χ1n) is 9.10. The molecule has 156 valence electrons. The Labute approximate surface area is 184 Å². The number of ether oxygens (including phenoxy) is 2. The van der Waals surface area contributed by atoms with Crippen LogP contribution in [0, 0.1) is 0 Å². The molecule has 0 atom stereocenters. The highest BCUT2D eigenvalue weighted by Crippen LogP contribution is 2.28. The highest BCUT2D eigenvalue weighted by molar-refractivity contribution is 9.10. The Morgan fingerprint density at radius 2 is 1.59 bits per heavy atom. The molecule has 2 aromatic rings. The maximum absolute atomic E-state index is 11.8. The lowest BCUT2D eigenvalue weighted by molar-refractivity contribution is -0.131. The normalized spacial score (nSPS) is 10.9. The fourth-order valence-electron chi connectivity index (χ4n) is 2.30. The molecule has 2 N–H and O–H groups in total. The van der Waals surface area contributed by atoms with E-state index in [-0.39, 0.29) is 18.6 Å². The number of benzene rings is 2. The second kappa shape index (κ2) is 10.5. The maximum Gasteiger partial charge on any atom is 0.276 e. The van der Waals surface area contributed by atoms with Gasteiger partial charge in [-0.2, -0.15) is 0 Å². The zero-order valence-corrected chi connectivity index (χ0v) is 18.9. The summed E-state index contributed by atoms with van der Waals surface area (Å²) in [5.41, 5.74) is 5.82. The van der Waals surface area contributed by atoms with Crippen LogP contribution in [0.4, 0.5) is 0 Å². The number of rotatable bonds is 8. The quantitative estimate of drug-likeness (QED) is 0.546. The number of nitrogens with one attached hydrogen (secondary N) is 2. The van der Waals surface area contributed by atoms with Crippen molar-refractivity contribution >= 4 is 39.3 Å². The molecule has 0 aliphatic heterocycles. The minimum atomic E-state index is -0.525. The van der Waals surface area contributed by atoms with Crippen LogP contribution in [0.15, 0.2) is 46.9 Å². The Morgan fingerprint density at radius 1 is 1.00 bits per heavy atom. The number of amides is 2. The van der Waals surface area contributed by atoms with Crippen LogP contribution in [0.25, 0.3) is 0 Å². The monoisotopic (exact) mass is 482 g/mol. The van der Waals surface area contributed by atoms with Gasteiger partial charge in [0.05, 0.1) is 5.02 Å². The van der Waals surface area contributed by atoms with Crippen molar-refractivity contribution in [1.82, 2.24) is 10.9 Å². The molecule has 0 spiro atoms. The van der Waals surface area contributed by atoms with Gasteiger partial charge in [0.25, 0.3) is 11.8 Å². The van der Waals surface area contributed by atoms with E-state index in [0.29, 0.717) is 16.5 Å². The van der Waals surface area contributed by atoms with Gasteiger partial charge >= 0.3 is 0 Å². The van der Waals surface area contributed by atoms with Crippen molar-refractivity contribution in [2.45, 2.75) is 32.6 Å². The number of hydrogen-bond donors (Lipinski definition) is 2. The molecule has 8 heteroatoms.